The van der Waals surface area contributed by atoms with Crippen molar-refractivity contribution in [3.8, 4) is 0 Å². The van der Waals surface area contributed by atoms with E-state index < -0.39 is 6.04 Å². The van der Waals surface area contributed by atoms with Crippen LogP contribution in [-0.4, -0.2) is 29.8 Å². The molecule has 18 heavy (non-hydrogen) atoms. The highest BCUT2D eigenvalue weighted by Crippen LogP contribution is 2.20. The first-order valence-corrected chi connectivity index (χ1v) is 6.12. The number of carbonyl (C=O) groups is 2. The third kappa shape index (κ3) is 2.29. The summed E-state index contributed by atoms with van der Waals surface area (Å²) >= 11 is 0. The molecule has 1 aliphatic rings. The van der Waals surface area contributed by atoms with Crippen molar-refractivity contribution in [3.63, 3.8) is 0 Å². The zero-order chi connectivity index (χ0) is 13.3. The highest BCUT2D eigenvalue weighted by molar-refractivity contribution is 6.05. The number of likely N-dealkylation sites (tertiary alicyclic amines) is 1. The number of imide groups is 1. The van der Waals surface area contributed by atoms with E-state index in [1.807, 2.05) is 38.1 Å². The molecule has 0 spiro atoms. The van der Waals surface area contributed by atoms with Crippen molar-refractivity contribution in [2.24, 2.45) is 0 Å². The molecule has 1 aromatic rings. The van der Waals surface area contributed by atoms with Crippen molar-refractivity contribution in [3.05, 3.63) is 35.4 Å². The number of benzene rings is 1. The topological polar surface area (TPSA) is 49.4 Å². The van der Waals surface area contributed by atoms with Crippen LogP contribution >= 0.6 is 0 Å². The highest BCUT2D eigenvalue weighted by Gasteiger charge is 2.36. The van der Waals surface area contributed by atoms with Crippen molar-refractivity contribution < 1.29 is 9.59 Å². The number of rotatable bonds is 3. The number of carbonyl (C=O) groups excluding carboxylic acids is 2. The molecule has 1 N–H and O–H groups in total. The number of hydrogen-bond donors (Lipinski definition) is 1. The van der Waals surface area contributed by atoms with Crippen molar-refractivity contribution in [1.29, 1.82) is 0 Å². The average molecular weight is 246 g/mol. The number of nitrogens with one attached hydrogen (secondary N) is 1. The normalized spacial score (nSPS) is 21.5. The van der Waals surface area contributed by atoms with Crippen LogP contribution in [0.2, 0.25) is 0 Å². The lowest BCUT2D eigenvalue weighted by molar-refractivity contribution is -0.137. The Hall–Kier alpha value is -1.68. The quantitative estimate of drug-likeness (QED) is 0.820. The zero-order valence-corrected chi connectivity index (χ0v) is 10.9. The lowest BCUT2D eigenvalue weighted by Crippen LogP contribution is -2.38. The van der Waals surface area contributed by atoms with Gasteiger partial charge >= 0.3 is 0 Å². The number of aryl methyl sites for hydroxylation is 1. The van der Waals surface area contributed by atoms with Crippen molar-refractivity contribution in [2.45, 2.75) is 32.4 Å². The molecule has 1 aliphatic heterocycles. The van der Waals surface area contributed by atoms with Crippen LogP contribution in [0.15, 0.2) is 24.3 Å². The Balaban J connectivity index is 2.09. The molecule has 1 heterocycles. The van der Waals surface area contributed by atoms with Gasteiger partial charge in [0, 0.05) is 13.1 Å². The number of nitrogens with zero attached hydrogens (tertiary/aromatic N) is 1. The van der Waals surface area contributed by atoms with Crippen molar-refractivity contribution in [1.82, 2.24) is 10.2 Å². The van der Waals surface area contributed by atoms with Gasteiger partial charge < -0.3 is 0 Å². The minimum absolute atomic E-state index is 0.0550. The smallest absolute Gasteiger partial charge is 0.246 e. The van der Waals surface area contributed by atoms with Crippen molar-refractivity contribution in [2.75, 3.05) is 7.05 Å². The fourth-order valence-electron chi connectivity index (χ4n) is 2.35. The van der Waals surface area contributed by atoms with E-state index in [0.29, 0.717) is 0 Å². The van der Waals surface area contributed by atoms with Crippen LogP contribution in [0, 0.1) is 6.92 Å². The monoisotopic (exact) mass is 246 g/mol. The largest absolute Gasteiger partial charge is 0.299 e. The van der Waals surface area contributed by atoms with Gasteiger partial charge in [0.05, 0.1) is 12.5 Å². The fourth-order valence-corrected chi connectivity index (χ4v) is 2.35. The Kier molecular flexibility index (Phi) is 3.48. The van der Waals surface area contributed by atoms with Crippen LogP contribution in [0.5, 0.6) is 0 Å². The van der Waals surface area contributed by atoms with E-state index in [1.165, 1.54) is 17.5 Å². The van der Waals surface area contributed by atoms with Crippen LogP contribution in [0.4, 0.5) is 0 Å². The second-order valence-electron chi connectivity index (χ2n) is 4.79. The van der Waals surface area contributed by atoms with Gasteiger partial charge in [-0.3, -0.25) is 19.8 Å². The summed E-state index contributed by atoms with van der Waals surface area (Å²) in [7, 11) is 1.53. The summed E-state index contributed by atoms with van der Waals surface area (Å²) in [5, 5.41) is 3.23. The van der Waals surface area contributed by atoms with Gasteiger partial charge in [-0.15, -0.1) is 0 Å². The number of likely N-dealkylation sites (N-methyl/N-ethyl adjacent to an activating group) is 1. The Morgan fingerprint density at radius 3 is 2.56 bits per heavy atom. The third-order valence-corrected chi connectivity index (χ3v) is 3.49. The van der Waals surface area contributed by atoms with Gasteiger partial charge in [0.2, 0.25) is 11.8 Å². The van der Waals surface area contributed by atoms with E-state index >= 15 is 0 Å². The van der Waals surface area contributed by atoms with Crippen LogP contribution < -0.4 is 5.32 Å². The summed E-state index contributed by atoms with van der Waals surface area (Å²) < 4.78 is 0. The van der Waals surface area contributed by atoms with Crippen LogP contribution in [0.1, 0.15) is 30.5 Å². The molecule has 1 aromatic carbocycles. The molecule has 4 heteroatoms. The SMILES string of the molecule is Cc1ccccc1[C@H](C)NC1CC(=O)N(C)C1=O. The first kappa shape index (κ1) is 12.8. The van der Waals surface area contributed by atoms with Crippen LogP contribution in [0.3, 0.4) is 0 Å². The summed E-state index contributed by atoms with van der Waals surface area (Å²) in [6.45, 7) is 4.06. The average Bonchev–Trinajstić information content (AvgIpc) is 2.57. The Labute approximate surface area is 107 Å². The summed E-state index contributed by atoms with van der Waals surface area (Å²) in [4.78, 5) is 24.5. The van der Waals surface area contributed by atoms with Gasteiger partial charge in [0.15, 0.2) is 0 Å². The second-order valence-corrected chi connectivity index (χ2v) is 4.79. The standard InChI is InChI=1S/C14H18N2O2/c1-9-6-4-5-7-11(9)10(2)15-12-8-13(17)16(3)14(12)18/h4-7,10,12,15H,8H2,1-3H3/t10-,12?/m0/s1. The summed E-state index contributed by atoms with van der Waals surface area (Å²) in [5.74, 6) is -0.255. The molecular formula is C14H18N2O2. The minimum atomic E-state index is -0.392. The van der Waals surface area contributed by atoms with Crippen LogP contribution in [0.25, 0.3) is 0 Å². The first-order chi connectivity index (χ1) is 8.50. The maximum atomic E-state index is 11.8. The third-order valence-electron chi connectivity index (χ3n) is 3.49. The zero-order valence-electron chi connectivity index (χ0n) is 10.9. The molecule has 1 fully saturated rings. The maximum Gasteiger partial charge on any atom is 0.246 e. The van der Waals surface area contributed by atoms with E-state index in [9.17, 15) is 9.59 Å². The Morgan fingerprint density at radius 2 is 2.00 bits per heavy atom. The van der Waals surface area contributed by atoms with Crippen LogP contribution in [-0.2, 0) is 9.59 Å². The van der Waals surface area contributed by atoms with E-state index in [1.54, 1.807) is 0 Å². The predicted octanol–water partition coefficient (Wildman–Crippen LogP) is 1.40. The molecule has 0 bridgehead atoms. The summed E-state index contributed by atoms with van der Waals surface area (Å²) in [6.07, 6.45) is 0.256. The van der Waals surface area contributed by atoms with Gasteiger partial charge in [0.1, 0.15) is 0 Å². The molecule has 2 rings (SSSR count). The summed E-state index contributed by atoms with van der Waals surface area (Å²) in [6, 6.07) is 7.72. The Bertz CT molecular complexity index is 484. The van der Waals surface area contributed by atoms with Gasteiger partial charge in [-0.25, -0.2) is 0 Å². The fraction of sp³-hybridized carbons (Fsp3) is 0.429. The molecule has 0 aliphatic carbocycles. The van der Waals surface area contributed by atoms with E-state index in [-0.39, 0.29) is 24.3 Å². The summed E-state index contributed by atoms with van der Waals surface area (Å²) in [5.41, 5.74) is 2.34. The van der Waals surface area contributed by atoms with E-state index in [2.05, 4.69) is 5.32 Å². The number of amides is 2. The molecule has 0 saturated carbocycles. The van der Waals surface area contributed by atoms with Crippen molar-refractivity contribution >= 4 is 11.8 Å². The highest BCUT2D eigenvalue weighted by atomic mass is 16.2. The van der Waals surface area contributed by atoms with Gasteiger partial charge in [-0.2, -0.15) is 0 Å². The molecule has 0 aromatic heterocycles. The molecule has 96 valence electrons. The molecular weight excluding hydrogens is 228 g/mol. The molecule has 1 saturated heterocycles. The van der Waals surface area contributed by atoms with Gasteiger partial charge in [0.25, 0.3) is 0 Å². The minimum Gasteiger partial charge on any atom is -0.299 e. The maximum absolute atomic E-state index is 11.8. The lowest BCUT2D eigenvalue weighted by Gasteiger charge is -2.19. The molecule has 0 radical (unpaired) electrons. The molecule has 1 unspecified atom stereocenters. The van der Waals surface area contributed by atoms with Gasteiger partial charge in [-0.05, 0) is 25.0 Å². The molecule has 2 amide bonds. The Morgan fingerprint density at radius 1 is 1.33 bits per heavy atom. The predicted molar refractivity (Wildman–Crippen MR) is 68.9 cm³/mol. The van der Waals surface area contributed by atoms with E-state index in [4.69, 9.17) is 0 Å². The molecule has 4 nitrogen and oxygen atoms in total. The first-order valence-electron chi connectivity index (χ1n) is 6.12. The van der Waals surface area contributed by atoms with Gasteiger partial charge in [-0.1, -0.05) is 24.3 Å². The second kappa shape index (κ2) is 4.90. The lowest BCUT2D eigenvalue weighted by atomic mass is 10.0. The number of hydrogen-bond acceptors (Lipinski definition) is 3. The molecule has 2 atom stereocenters. The van der Waals surface area contributed by atoms with E-state index in [0.717, 1.165) is 5.56 Å².